The summed E-state index contributed by atoms with van der Waals surface area (Å²) in [5, 5.41) is 13.0. The first-order valence-electron chi connectivity index (χ1n) is 8.74. The summed E-state index contributed by atoms with van der Waals surface area (Å²) in [6, 6.07) is 18.4. The molecule has 0 saturated carbocycles. The molecule has 0 aliphatic heterocycles. The lowest BCUT2D eigenvalue weighted by molar-refractivity contribution is 1.25. The van der Waals surface area contributed by atoms with Gasteiger partial charge in [0.25, 0.3) is 0 Å². The van der Waals surface area contributed by atoms with Crippen molar-refractivity contribution in [1.29, 1.82) is 0 Å². The van der Waals surface area contributed by atoms with Gasteiger partial charge in [0.15, 0.2) is 0 Å². The Hall–Kier alpha value is -2.86. The normalized spacial score (nSPS) is 15.8. The van der Waals surface area contributed by atoms with Crippen LogP contribution >= 0.6 is 0 Å². The Bertz CT molecular complexity index is 1420. The highest BCUT2D eigenvalue weighted by Crippen LogP contribution is 2.47. The van der Waals surface area contributed by atoms with Crippen LogP contribution in [0, 0.1) is 0 Å². The Kier molecular flexibility index (Phi) is 1.76. The largest absolute Gasteiger partial charge is 0.0759 e. The standard InChI is InChI=1S/C24H14/c1-2-14-5-6-16-9-11-18-12-10-17-8-7-15-4-3-13(1)19-20(14)22(16)24(18)23(17)21(15)19/h1-9,12H,10-11H2. The van der Waals surface area contributed by atoms with Crippen LogP contribution in [0.1, 0.15) is 17.5 Å². The van der Waals surface area contributed by atoms with Crippen LogP contribution in [0.3, 0.4) is 0 Å². The highest BCUT2D eigenvalue weighted by atomic mass is 14.3. The average Bonchev–Trinajstić information content (AvgIpc) is 2.65. The smallest absolute Gasteiger partial charge is 0.00140 e. The van der Waals surface area contributed by atoms with E-state index in [-0.39, 0.29) is 0 Å². The minimum atomic E-state index is 1.07. The first-order valence-corrected chi connectivity index (χ1v) is 8.74. The molecule has 24 heavy (non-hydrogen) atoms. The van der Waals surface area contributed by atoms with Gasteiger partial charge < -0.3 is 0 Å². The van der Waals surface area contributed by atoms with Crippen LogP contribution in [0.2, 0.25) is 0 Å². The zero-order valence-electron chi connectivity index (χ0n) is 13.2. The van der Waals surface area contributed by atoms with Gasteiger partial charge in [0.05, 0.1) is 0 Å². The van der Waals surface area contributed by atoms with E-state index in [1.807, 2.05) is 0 Å². The molecule has 0 fully saturated rings. The van der Waals surface area contributed by atoms with Gasteiger partial charge in [-0.25, -0.2) is 0 Å². The molecule has 0 heterocycles. The second-order valence-electron chi connectivity index (χ2n) is 7.27. The van der Waals surface area contributed by atoms with Gasteiger partial charge in [-0.1, -0.05) is 60.7 Å². The van der Waals surface area contributed by atoms with Gasteiger partial charge in [0.1, 0.15) is 0 Å². The van der Waals surface area contributed by atoms with Gasteiger partial charge >= 0.3 is 0 Å². The van der Waals surface area contributed by atoms with E-state index in [4.69, 9.17) is 0 Å². The Morgan fingerprint density at radius 3 is 1.92 bits per heavy atom. The third kappa shape index (κ3) is 1.12. The molecule has 0 atom stereocenters. The maximum atomic E-state index is 2.45. The van der Waals surface area contributed by atoms with Crippen LogP contribution in [-0.2, 0) is 6.42 Å². The molecular formula is C24H14. The van der Waals surface area contributed by atoms with Crippen molar-refractivity contribution in [3.05, 3.63) is 71.0 Å². The van der Waals surface area contributed by atoms with Gasteiger partial charge in [-0.15, -0.1) is 0 Å². The molecule has 2 aliphatic carbocycles. The fourth-order valence-electron chi connectivity index (χ4n) is 5.19. The summed E-state index contributed by atoms with van der Waals surface area (Å²) in [6.07, 6.45) is 7.02. The minimum absolute atomic E-state index is 1.07. The molecule has 0 bridgehead atoms. The predicted molar refractivity (Wildman–Crippen MR) is 104 cm³/mol. The summed E-state index contributed by atoms with van der Waals surface area (Å²) in [4.78, 5) is 0. The van der Waals surface area contributed by atoms with Gasteiger partial charge in [-0.05, 0) is 77.9 Å². The number of benzene rings is 5. The van der Waals surface area contributed by atoms with Crippen molar-refractivity contribution in [2.75, 3.05) is 0 Å². The van der Waals surface area contributed by atoms with Crippen LogP contribution in [0.4, 0.5) is 0 Å². The summed E-state index contributed by atoms with van der Waals surface area (Å²) in [6.45, 7) is 0. The minimum Gasteiger partial charge on any atom is -0.0759 e. The molecule has 0 spiro atoms. The van der Waals surface area contributed by atoms with Crippen molar-refractivity contribution in [2.24, 2.45) is 0 Å². The van der Waals surface area contributed by atoms with E-state index in [2.05, 4.69) is 60.7 Å². The van der Waals surface area contributed by atoms with Crippen LogP contribution in [0.5, 0.6) is 0 Å². The monoisotopic (exact) mass is 302 g/mol. The van der Waals surface area contributed by atoms with Gasteiger partial charge in [0, 0.05) is 0 Å². The van der Waals surface area contributed by atoms with E-state index in [0.717, 1.165) is 12.8 Å². The van der Waals surface area contributed by atoms with Crippen molar-refractivity contribution in [2.45, 2.75) is 12.8 Å². The SMILES string of the molecule is C1=C2CC=c3ccc4ccc5ccc6ccc(c7c2c3c4c5c67)C1. The zero-order valence-corrected chi connectivity index (χ0v) is 13.2. The van der Waals surface area contributed by atoms with E-state index >= 15 is 0 Å². The van der Waals surface area contributed by atoms with E-state index in [1.54, 1.807) is 0 Å². The zero-order chi connectivity index (χ0) is 15.4. The van der Waals surface area contributed by atoms with Crippen molar-refractivity contribution in [3.63, 3.8) is 0 Å². The summed E-state index contributed by atoms with van der Waals surface area (Å²) in [5.41, 5.74) is 4.55. The maximum Gasteiger partial charge on any atom is -0.00140 e. The molecule has 0 aromatic heterocycles. The molecule has 0 radical (unpaired) electrons. The van der Waals surface area contributed by atoms with Crippen molar-refractivity contribution in [3.8, 4) is 0 Å². The van der Waals surface area contributed by atoms with E-state index in [1.165, 1.54) is 65.0 Å². The topological polar surface area (TPSA) is 0 Å². The van der Waals surface area contributed by atoms with Gasteiger partial charge in [0.2, 0.25) is 0 Å². The summed E-state index contributed by atoms with van der Waals surface area (Å²) in [5.74, 6) is 0. The summed E-state index contributed by atoms with van der Waals surface area (Å²) in [7, 11) is 0. The molecule has 0 nitrogen and oxygen atoms in total. The van der Waals surface area contributed by atoms with E-state index in [9.17, 15) is 0 Å². The van der Waals surface area contributed by atoms with E-state index in [0.29, 0.717) is 0 Å². The molecule has 0 amide bonds. The van der Waals surface area contributed by atoms with Crippen LogP contribution < -0.4 is 5.22 Å². The van der Waals surface area contributed by atoms with Crippen molar-refractivity contribution >= 4 is 54.7 Å². The van der Waals surface area contributed by atoms with Gasteiger partial charge in [-0.3, -0.25) is 0 Å². The molecular weight excluding hydrogens is 288 g/mol. The Morgan fingerprint density at radius 1 is 0.500 bits per heavy atom. The lowest BCUT2D eigenvalue weighted by Gasteiger charge is -2.26. The van der Waals surface area contributed by atoms with Crippen LogP contribution in [0.15, 0.2) is 54.6 Å². The maximum absolute atomic E-state index is 2.45. The van der Waals surface area contributed by atoms with Gasteiger partial charge in [-0.2, -0.15) is 0 Å². The second-order valence-corrected chi connectivity index (χ2v) is 7.27. The molecule has 0 N–H and O–H groups in total. The van der Waals surface area contributed by atoms with Crippen molar-refractivity contribution in [1.82, 2.24) is 0 Å². The third-order valence-electron chi connectivity index (χ3n) is 6.20. The Balaban J connectivity index is 2.04. The first kappa shape index (κ1) is 11.6. The molecule has 110 valence electrons. The van der Waals surface area contributed by atoms with Crippen molar-refractivity contribution < 1.29 is 0 Å². The fourth-order valence-corrected chi connectivity index (χ4v) is 5.19. The molecule has 5 aromatic rings. The highest BCUT2D eigenvalue weighted by Gasteiger charge is 2.24. The summed E-state index contributed by atoms with van der Waals surface area (Å²) < 4.78 is 0. The predicted octanol–water partition coefficient (Wildman–Crippen LogP) is 5.58. The molecule has 0 heteroatoms. The third-order valence-corrected chi connectivity index (χ3v) is 6.20. The Labute approximate surface area is 139 Å². The quantitative estimate of drug-likeness (QED) is 0.259. The number of hydrogen-bond acceptors (Lipinski definition) is 0. The van der Waals surface area contributed by atoms with E-state index < -0.39 is 0 Å². The summed E-state index contributed by atoms with van der Waals surface area (Å²) >= 11 is 0. The average molecular weight is 302 g/mol. The first-order chi connectivity index (χ1) is 11.9. The molecule has 2 aliphatic rings. The number of hydrogen-bond donors (Lipinski definition) is 0. The van der Waals surface area contributed by atoms with Crippen LogP contribution in [0.25, 0.3) is 54.7 Å². The fraction of sp³-hybridized carbons (Fsp3) is 0.0833. The highest BCUT2D eigenvalue weighted by molar-refractivity contribution is 6.35. The molecule has 0 saturated heterocycles. The molecule has 7 rings (SSSR count). The lowest BCUT2D eigenvalue weighted by atomic mass is 9.77. The number of rotatable bonds is 0. The van der Waals surface area contributed by atoms with Crippen LogP contribution in [-0.4, -0.2) is 0 Å². The lowest BCUT2D eigenvalue weighted by Crippen LogP contribution is -2.13. The molecule has 5 aromatic carbocycles. The molecule has 0 unspecified atom stereocenters. The Morgan fingerprint density at radius 2 is 1.12 bits per heavy atom. The number of allylic oxidation sites excluding steroid dienone is 2. The second kappa shape index (κ2) is 3.62.